The Morgan fingerprint density at radius 3 is 2.51 bits per heavy atom. The molecule has 2 N–H and O–H groups in total. The summed E-state index contributed by atoms with van der Waals surface area (Å²) in [4.78, 5) is 33.5. The molecule has 1 aliphatic rings. The van der Waals surface area contributed by atoms with Gasteiger partial charge >= 0.3 is 11.8 Å². The van der Waals surface area contributed by atoms with Crippen LogP contribution in [-0.4, -0.2) is 54.4 Å². The van der Waals surface area contributed by atoms with E-state index in [0.717, 1.165) is 5.56 Å². The Morgan fingerprint density at radius 1 is 1.03 bits per heavy atom. The molecule has 4 rings (SSSR count). The molecule has 2 aromatic carbocycles. The zero-order valence-corrected chi connectivity index (χ0v) is 20.1. The number of nitrogens with one attached hydrogen (secondary N) is 2. The summed E-state index contributed by atoms with van der Waals surface area (Å²) >= 11 is 6.10. The molecule has 0 bridgehead atoms. The molecule has 2 heterocycles. The second-order valence-corrected chi connectivity index (χ2v) is 8.76. The molecule has 2 amide bonds. The van der Waals surface area contributed by atoms with E-state index in [9.17, 15) is 14.0 Å². The number of carbonyl (C=O) groups excluding carboxylic acids is 2. The first-order valence-corrected chi connectivity index (χ1v) is 11.8. The van der Waals surface area contributed by atoms with Gasteiger partial charge in [-0.3, -0.25) is 19.5 Å². The Kier molecular flexibility index (Phi) is 7.94. The molecular formula is C26H27ClFN5O2. The summed E-state index contributed by atoms with van der Waals surface area (Å²) in [5.74, 6) is -1.73. The first-order chi connectivity index (χ1) is 16.9. The zero-order chi connectivity index (χ0) is 24.8. The topological polar surface area (TPSA) is 77.6 Å². The maximum absolute atomic E-state index is 14.2. The molecule has 1 saturated heterocycles. The highest BCUT2D eigenvalue weighted by Gasteiger charge is 2.27. The first kappa shape index (κ1) is 24.6. The lowest BCUT2D eigenvalue weighted by Gasteiger charge is -2.40. The van der Waals surface area contributed by atoms with Crippen molar-refractivity contribution in [1.29, 1.82) is 0 Å². The predicted molar refractivity (Wildman–Crippen MR) is 135 cm³/mol. The second-order valence-electron chi connectivity index (χ2n) is 8.35. The average molecular weight is 496 g/mol. The Labute approximate surface area is 208 Å². The van der Waals surface area contributed by atoms with E-state index in [1.165, 1.54) is 6.07 Å². The van der Waals surface area contributed by atoms with E-state index < -0.39 is 11.8 Å². The number of hydrogen-bond donors (Lipinski definition) is 2. The summed E-state index contributed by atoms with van der Waals surface area (Å²) in [6.45, 7) is 4.61. The lowest BCUT2D eigenvalue weighted by molar-refractivity contribution is -0.136. The molecule has 3 aromatic rings. The number of para-hydroxylation sites is 1. The van der Waals surface area contributed by atoms with Gasteiger partial charge in [0.15, 0.2) is 0 Å². The van der Waals surface area contributed by atoms with E-state index in [-0.39, 0.29) is 18.4 Å². The molecular weight excluding hydrogens is 469 g/mol. The predicted octanol–water partition coefficient (Wildman–Crippen LogP) is 3.80. The normalized spacial score (nSPS) is 14.9. The SMILES string of the molecule is Cc1c(Cl)cccc1NC(=O)C(=O)NCC(c1cccnc1)N1CCN(c2ccccc2F)CC1. The molecule has 182 valence electrons. The van der Waals surface area contributed by atoms with Crippen molar-refractivity contribution >= 4 is 34.8 Å². The number of anilines is 2. The third-order valence-corrected chi connectivity index (χ3v) is 6.60. The van der Waals surface area contributed by atoms with Gasteiger partial charge in [0.25, 0.3) is 0 Å². The van der Waals surface area contributed by atoms with Crippen LogP contribution < -0.4 is 15.5 Å². The number of piperazine rings is 1. The molecule has 1 atom stereocenters. The highest BCUT2D eigenvalue weighted by atomic mass is 35.5. The highest BCUT2D eigenvalue weighted by Crippen LogP contribution is 2.25. The van der Waals surface area contributed by atoms with E-state index in [1.807, 2.05) is 23.1 Å². The van der Waals surface area contributed by atoms with Crippen LogP contribution >= 0.6 is 11.6 Å². The van der Waals surface area contributed by atoms with Crippen molar-refractivity contribution in [3.63, 3.8) is 0 Å². The molecule has 1 fully saturated rings. The molecule has 1 unspecified atom stereocenters. The second kappa shape index (κ2) is 11.3. The molecule has 0 aliphatic carbocycles. The standard InChI is InChI=1S/C26H27ClFN5O2/c1-18-20(27)7-4-9-22(18)31-26(35)25(34)30-17-24(19-6-5-11-29-16-19)33-14-12-32(13-15-33)23-10-3-2-8-21(23)28/h2-11,16,24H,12-15,17H2,1H3,(H,30,34)(H,31,35). The van der Waals surface area contributed by atoms with Gasteiger partial charge in [0, 0.05) is 55.8 Å². The number of benzene rings is 2. The van der Waals surface area contributed by atoms with Crippen molar-refractivity contribution in [3.8, 4) is 0 Å². The van der Waals surface area contributed by atoms with Gasteiger partial charge in [0.05, 0.1) is 11.7 Å². The number of pyridine rings is 1. The van der Waals surface area contributed by atoms with Crippen molar-refractivity contribution in [2.24, 2.45) is 0 Å². The maximum atomic E-state index is 14.2. The van der Waals surface area contributed by atoms with Crippen LogP contribution in [0.4, 0.5) is 15.8 Å². The van der Waals surface area contributed by atoms with Gasteiger partial charge in [0.2, 0.25) is 0 Å². The van der Waals surface area contributed by atoms with Crippen LogP contribution in [0, 0.1) is 12.7 Å². The Balaban J connectivity index is 1.40. The number of rotatable bonds is 6. The van der Waals surface area contributed by atoms with E-state index in [4.69, 9.17) is 11.6 Å². The summed E-state index contributed by atoms with van der Waals surface area (Å²) < 4.78 is 14.2. The Hall–Kier alpha value is -3.49. The highest BCUT2D eigenvalue weighted by molar-refractivity contribution is 6.40. The lowest BCUT2D eigenvalue weighted by atomic mass is 10.1. The summed E-state index contributed by atoms with van der Waals surface area (Å²) in [5.41, 5.74) is 2.70. The summed E-state index contributed by atoms with van der Waals surface area (Å²) in [6, 6.07) is 15.5. The van der Waals surface area contributed by atoms with Crippen molar-refractivity contribution < 1.29 is 14.0 Å². The molecule has 7 nitrogen and oxygen atoms in total. The quantitative estimate of drug-likeness (QED) is 0.509. The van der Waals surface area contributed by atoms with Gasteiger partial charge in [0.1, 0.15) is 5.82 Å². The number of carbonyl (C=O) groups is 2. The van der Waals surface area contributed by atoms with Gasteiger partial charge in [-0.1, -0.05) is 35.9 Å². The molecule has 0 saturated carbocycles. The Morgan fingerprint density at radius 2 is 1.80 bits per heavy atom. The van der Waals surface area contributed by atoms with Gasteiger partial charge in [-0.25, -0.2) is 4.39 Å². The summed E-state index contributed by atoms with van der Waals surface area (Å²) in [7, 11) is 0. The monoisotopic (exact) mass is 495 g/mol. The smallest absolute Gasteiger partial charge is 0.313 e. The van der Waals surface area contributed by atoms with Gasteiger partial charge in [-0.15, -0.1) is 0 Å². The third-order valence-electron chi connectivity index (χ3n) is 6.20. The van der Waals surface area contributed by atoms with Crippen molar-refractivity contribution in [3.05, 3.63) is 89.0 Å². The van der Waals surface area contributed by atoms with Gasteiger partial charge in [-0.05, 0) is 48.4 Å². The molecule has 1 aliphatic heterocycles. The number of amides is 2. The van der Waals surface area contributed by atoms with Crippen LogP contribution in [0.2, 0.25) is 5.02 Å². The van der Waals surface area contributed by atoms with Crippen LogP contribution in [0.5, 0.6) is 0 Å². The maximum Gasteiger partial charge on any atom is 0.313 e. The molecule has 9 heteroatoms. The molecule has 35 heavy (non-hydrogen) atoms. The van der Waals surface area contributed by atoms with Crippen LogP contribution in [0.3, 0.4) is 0 Å². The van der Waals surface area contributed by atoms with Gasteiger partial charge < -0.3 is 15.5 Å². The van der Waals surface area contributed by atoms with Crippen LogP contribution in [0.1, 0.15) is 17.2 Å². The van der Waals surface area contributed by atoms with E-state index in [2.05, 4.69) is 20.5 Å². The van der Waals surface area contributed by atoms with Crippen LogP contribution in [-0.2, 0) is 9.59 Å². The fourth-order valence-corrected chi connectivity index (χ4v) is 4.38. The van der Waals surface area contributed by atoms with E-state index >= 15 is 0 Å². The molecule has 0 spiro atoms. The van der Waals surface area contributed by atoms with E-state index in [1.54, 1.807) is 49.6 Å². The summed E-state index contributed by atoms with van der Waals surface area (Å²) in [6.07, 6.45) is 3.45. The van der Waals surface area contributed by atoms with Crippen LogP contribution in [0.15, 0.2) is 67.0 Å². The number of aromatic nitrogens is 1. The minimum Gasteiger partial charge on any atom is -0.367 e. The lowest BCUT2D eigenvalue weighted by Crippen LogP contribution is -2.50. The van der Waals surface area contributed by atoms with Gasteiger partial charge in [-0.2, -0.15) is 0 Å². The van der Waals surface area contributed by atoms with Crippen LogP contribution in [0.25, 0.3) is 0 Å². The summed E-state index contributed by atoms with van der Waals surface area (Å²) in [5, 5.41) is 5.89. The van der Waals surface area contributed by atoms with Crippen molar-refractivity contribution in [2.75, 3.05) is 42.9 Å². The minimum atomic E-state index is -0.760. The average Bonchev–Trinajstić information content (AvgIpc) is 2.88. The molecule has 1 aromatic heterocycles. The third kappa shape index (κ3) is 5.96. The van der Waals surface area contributed by atoms with Crippen molar-refractivity contribution in [1.82, 2.24) is 15.2 Å². The fraction of sp³-hybridized carbons (Fsp3) is 0.269. The Bertz CT molecular complexity index is 1190. The largest absolute Gasteiger partial charge is 0.367 e. The van der Waals surface area contributed by atoms with Crippen molar-refractivity contribution in [2.45, 2.75) is 13.0 Å². The number of nitrogens with zero attached hydrogens (tertiary/aromatic N) is 3. The minimum absolute atomic E-state index is 0.184. The fourth-order valence-electron chi connectivity index (χ4n) is 4.21. The van der Waals surface area contributed by atoms with E-state index in [0.29, 0.717) is 48.1 Å². The zero-order valence-electron chi connectivity index (χ0n) is 19.4. The first-order valence-electron chi connectivity index (χ1n) is 11.4. The number of hydrogen-bond acceptors (Lipinski definition) is 5. The number of halogens is 2. The molecule has 0 radical (unpaired) electrons.